The Morgan fingerprint density at radius 2 is 1.47 bits per heavy atom. The van der Waals surface area contributed by atoms with E-state index in [1.807, 2.05) is 6.08 Å². The van der Waals surface area contributed by atoms with Crippen molar-refractivity contribution in [2.75, 3.05) is 40.3 Å². The molecular formula is C15H30O4. The van der Waals surface area contributed by atoms with Gasteiger partial charge in [-0.3, -0.25) is 0 Å². The number of hydrogen-bond donors (Lipinski definition) is 1. The fraction of sp³-hybridized carbons (Fsp3) is 0.867. The summed E-state index contributed by atoms with van der Waals surface area (Å²) in [7, 11) is 1.66. The highest BCUT2D eigenvalue weighted by atomic mass is 16.7. The minimum Gasteiger partial charge on any atom is -0.392 e. The molecule has 4 nitrogen and oxygen atoms in total. The van der Waals surface area contributed by atoms with Gasteiger partial charge in [-0.05, 0) is 19.3 Å². The molecule has 0 radical (unpaired) electrons. The van der Waals surface area contributed by atoms with E-state index in [2.05, 4.69) is 6.08 Å². The van der Waals surface area contributed by atoms with Crippen molar-refractivity contribution in [1.82, 2.24) is 0 Å². The number of rotatable bonds is 15. The molecule has 0 aromatic carbocycles. The lowest BCUT2D eigenvalue weighted by atomic mass is 10.1. The molecule has 0 saturated carbocycles. The molecule has 0 saturated heterocycles. The van der Waals surface area contributed by atoms with Crippen LogP contribution >= 0.6 is 0 Å². The summed E-state index contributed by atoms with van der Waals surface area (Å²) in [5, 5.41) is 8.56. The van der Waals surface area contributed by atoms with Gasteiger partial charge < -0.3 is 19.3 Å². The molecule has 0 amide bonds. The second-order valence-electron chi connectivity index (χ2n) is 4.49. The molecule has 1 N–H and O–H groups in total. The van der Waals surface area contributed by atoms with E-state index in [1.165, 1.54) is 32.1 Å². The van der Waals surface area contributed by atoms with E-state index < -0.39 is 0 Å². The number of allylic oxidation sites excluding steroid dienone is 1. The molecule has 0 unspecified atom stereocenters. The summed E-state index contributed by atoms with van der Waals surface area (Å²) < 4.78 is 15.4. The van der Waals surface area contributed by atoms with Crippen LogP contribution in [-0.4, -0.2) is 45.4 Å². The van der Waals surface area contributed by atoms with Crippen molar-refractivity contribution in [1.29, 1.82) is 0 Å². The molecule has 0 aliphatic carbocycles. The van der Waals surface area contributed by atoms with E-state index in [0.717, 1.165) is 19.4 Å². The second-order valence-corrected chi connectivity index (χ2v) is 4.49. The second kappa shape index (κ2) is 17.6. The minimum atomic E-state index is 0.162. The summed E-state index contributed by atoms with van der Waals surface area (Å²) in [5.41, 5.74) is 0. The minimum absolute atomic E-state index is 0.162. The highest BCUT2D eigenvalue weighted by Gasteiger charge is 1.92. The Hall–Kier alpha value is -0.420. The van der Waals surface area contributed by atoms with Crippen LogP contribution in [0.2, 0.25) is 0 Å². The molecule has 19 heavy (non-hydrogen) atoms. The third-order valence-electron chi connectivity index (χ3n) is 2.78. The van der Waals surface area contributed by atoms with Crippen molar-refractivity contribution in [3.05, 3.63) is 12.2 Å². The first kappa shape index (κ1) is 18.6. The number of aliphatic hydroxyl groups excluding tert-OH is 1. The summed E-state index contributed by atoms with van der Waals surface area (Å²) in [4.78, 5) is 0. The number of methoxy groups -OCH3 is 1. The third-order valence-corrected chi connectivity index (χ3v) is 2.78. The molecule has 4 heteroatoms. The molecule has 0 heterocycles. The van der Waals surface area contributed by atoms with Crippen molar-refractivity contribution in [3.8, 4) is 0 Å². The zero-order chi connectivity index (χ0) is 14.0. The molecule has 0 bridgehead atoms. The van der Waals surface area contributed by atoms with Crippen molar-refractivity contribution < 1.29 is 19.3 Å². The van der Waals surface area contributed by atoms with E-state index in [-0.39, 0.29) is 6.61 Å². The monoisotopic (exact) mass is 274 g/mol. The maximum absolute atomic E-state index is 8.56. The Balaban J connectivity index is 2.93. The molecule has 0 spiro atoms. The van der Waals surface area contributed by atoms with Crippen LogP contribution in [0.1, 0.15) is 44.9 Å². The number of ether oxygens (including phenoxy) is 3. The quantitative estimate of drug-likeness (QED) is 0.283. The number of hydrogen-bond acceptors (Lipinski definition) is 4. The summed E-state index contributed by atoms with van der Waals surface area (Å²) in [6, 6.07) is 0. The molecule has 0 aromatic heterocycles. The molecule has 0 fully saturated rings. The van der Waals surface area contributed by atoms with Gasteiger partial charge in [-0.15, -0.1) is 0 Å². The van der Waals surface area contributed by atoms with Gasteiger partial charge in [0.2, 0.25) is 0 Å². The predicted molar refractivity (Wildman–Crippen MR) is 77.2 cm³/mol. The van der Waals surface area contributed by atoms with Gasteiger partial charge in [-0.1, -0.05) is 37.8 Å². The van der Waals surface area contributed by atoms with Gasteiger partial charge in [0.25, 0.3) is 0 Å². The maximum Gasteiger partial charge on any atom is 0.146 e. The van der Waals surface area contributed by atoms with Gasteiger partial charge in [0.15, 0.2) is 0 Å². The van der Waals surface area contributed by atoms with Crippen LogP contribution in [-0.2, 0) is 14.2 Å². The van der Waals surface area contributed by atoms with Crippen molar-refractivity contribution in [2.45, 2.75) is 44.9 Å². The van der Waals surface area contributed by atoms with E-state index in [1.54, 1.807) is 7.11 Å². The van der Waals surface area contributed by atoms with Gasteiger partial charge in [0, 0.05) is 13.7 Å². The normalized spacial score (nSPS) is 11.5. The molecule has 114 valence electrons. The van der Waals surface area contributed by atoms with Gasteiger partial charge in [-0.25, -0.2) is 0 Å². The van der Waals surface area contributed by atoms with Crippen LogP contribution in [0.25, 0.3) is 0 Å². The molecule has 0 aliphatic rings. The van der Waals surface area contributed by atoms with Crippen LogP contribution in [0.4, 0.5) is 0 Å². The van der Waals surface area contributed by atoms with Crippen LogP contribution in [0.5, 0.6) is 0 Å². The van der Waals surface area contributed by atoms with Crippen molar-refractivity contribution in [2.24, 2.45) is 0 Å². The lowest BCUT2D eigenvalue weighted by molar-refractivity contribution is -0.0664. The van der Waals surface area contributed by atoms with E-state index in [0.29, 0.717) is 20.0 Å². The Kier molecular flexibility index (Phi) is 17.2. The van der Waals surface area contributed by atoms with E-state index >= 15 is 0 Å². The van der Waals surface area contributed by atoms with Crippen LogP contribution in [0.15, 0.2) is 12.2 Å². The largest absolute Gasteiger partial charge is 0.392 e. The zero-order valence-corrected chi connectivity index (χ0v) is 12.3. The highest BCUT2D eigenvalue weighted by molar-refractivity contribution is 4.80. The van der Waals surface area contributed by atoms with Gasteiger partial charge in [0.05, 0.1) is 19.8 Å². The van der Waals surface area contributed by atoms with Crippen LogP contribution in [0.3, 0.4) is 0 Å². The first-order valence-electron chi connectivity index (χ1n) is 7.32. The van der Waals surface area contributed by atoms with Crippen molar-refractivity contribution >= 4 is 0 Å². The first-order chi connectivity index (χ1) is 9.41. The Morgan fingerprint density at radius 3 is 2.21 bits per heavy atom. The van der Waals surface area contributed by atoms with E-state index in [9.17, 15) is 0 Å². The molecule has 0 aliphatic heterocycles. The van der Waals surface area contributed by atoms with E-state index in [4.69, 9.17) is 19.3 Å². The first-order valence-corrected chi connectivity index (χ1v) is 7.32. The maximum atomic E-state index is 8.56. The summed E-state index contributed by atoms with van der Waals surface area (Å²) in [6.45, 7) is 2.54. The van der Waals surface area contributed by atoms with Gasteiger partial charge in [0.1, 0.15) is 6.79 Å². The van der Waals surface area contributed by atoms with Crippen molar-refractivity contribution in [3.63, 3.8) is 0 Å². The number of unbranched alkanes of at least 4 members (excludes halogenated alkanes) is 6. The zero-order valence-electron chi connectivity index (χ0n) is 12.3. The fourth-order valence-corrected chi connectivity index (χ4v) is 1.68. The fourth-order valence-electron chi connectivity index (χ4n) is 1.68. The Labute approximate surface area is 117 Å². The SMILES string of the molecule is COCCOCOCCCCCCCCC=CCO. The molecule has 0 atom stereocenters. The highest BCUT2D eigenvalue weighted by Crippen LogP contribution is 2.07. The summed E-state index contributed by atoms with van der Waals surface area (Å²) in [6.07, 6.45) is 12.3. The molecular weight excluding hydrogens is 244 g/mol. The Morgan fingerprint density at radius 1 is 0.789 bits per heavy atom. The third kappa shape index (κ3) is 17.6. The average molecular weight is 274 g/mol. The summed E-state index contributed by atoms with van der Waals surface area (Å²) >= 11 is 0. The molecule has 0 rings (SSSR count). The predicted octanol–water partition coefficient (Wildman–Crippen LogP) is 2.90. The molecule has 0 aromatic rings. The van der Waals surface area contributed by atoms with Gasteiger partial charge >= 0.3 is 0 Å². The topological polar surface area (TPSA) is 47.9 Å². The summed E-state index contributed by atoms with van der Waals surface area (Å²) in [5.74, 6) is 0. The average Bonchev–Trinajstić information content (AvgIpc) is 2.43. The van der Waals surface area contributed by atoms with Crippen LogP contribution < -0.4 is 0 Å². The van der Waals surface area contributed by atoms with Crippen LogP contribution in [0, 0.1) is 0 Å². The standard InChI is InChI=1S/C15H30O4/c1-17-13-14-19-15-18-12-10-8-6-4-2-3-5-7-9-11-16/h7,9,16H,2-6,8,10-15H2,1H3. The lowest BCUT2D eigenvalue weighted by Gasteiger charge is -2.05. The number of aliphatic hydroxyl groups is 1. The smallest absolute Gasteiger partial charge is 0.146 e. The Bertz CT molecular complexity index is 183. The van der Waals surface area contributed by atoms with Gasteiger partial charge in [-0.2, -0.15) is 0 Å². The lowest BCUT2D eigenvalue weighted by Crippen LogP contribution is -2.06.